The van der Waals surface area contributed by atoms with Crippen LogP contribution in [0.2, 0.25) is 0 Å². The minimum Gasteiger partial charge on any atom is -0.481 e. The molecule has 2 heterocycles. The van der Waals surface area contributed by atoms with Crippen molar-refractivity contribution in [3.8, 4) is 0 Å². The van der Waals surface area contributed by atoms with Gasteiger partial charge in [-0.15, -0.1) is 0 Å². The zero-order valence-corrected chi connectivity index (χ0v) is 10.1. The SMILES string of the molecule is CC1=CC(=C2C(=O)OC(C)(C)OC2=O)C=C(O)O1. The molecule has 2 aliphatic rings. The fourth-order valence-electron chi connectivity index (χ4n) is 1.65. The summed E-state index contributed by atoms with van der Waals surface area (Å²) in [4.78, 5) is 23.5. The van der Waals surface area contributed by atoms with E-state index in [-0.39, 0.29) is 11.1 Å². The predicted molar refractivity (Wildman–Crippen MR) is 58.8 cm³/mol. The second-order valence-corrected chi connectivity index (χ2v) is 4.35. The Labute approximate surface area is 103 Å². The van der Waals surface area contributed by atoms with E-state index < -0.39 is 23.7 Å². The number of rotatable bonds is 0. The third-order valence-electron chi connectivity index (χ3n) is 2.28. The van der Waals surface area contributed by atoms with Crippen molar-refractivity contribution in [3.05, 3.63) is 35.0 Å². The van der Waals surface area contributed by atoms with Gasteiger partial charge in [-0.1, -0.05) is 0 Å². The van der Waals surface area contributed by atoms with E-state index in [0.717, 1.165) is 6.08 Å². The van der Waals surface area contributed by atoms with E-state index >= 15 is 0 Å². The number of cyclic esters (lactones) is 2. The predicted octanol–water partition coefficient (Wildman–Crippen LogP) is 1.45. The average molecular weight is 252 g/mol. The molecule has 6 nitrogen and oxygen atoms in total. The van der Waals surface area contributed by atoms with Crippen LogP contribution < -0.4 is 0 Å². The highest BCUT2D eigenvalue weighted by atomic mass is 16.7. The maximum atomic E-state index is 11.8. The largest absolute Gasteiger partial charge is 0.481 e. The zero-order chi connectivity index (χ0) is 13.5. The van der Waals surface area contributed by atoms with Crippen LogP contribution in [0.15, 0.2) is 35.0 Å². The number of hydrogen-bond donors (Lipinski definition) is 1. The van der Waals surface area contributed by atoms with Crippen molar-refractivity contribution in [1.29, 1.82) is 0 Å². The lowest BCUT2D eigenvalue weighted by Crippen LogP contribution is -2.42. The molecule has 18 heavy (non-hydrogen) atoms. The lowest BCUT2D eigenvalue weighted by Gasteiger charge is -2.30. The summed E-state index contributed by atoms with van der Waals surface area (Å²) in [5.74, 6) is -2.91. The molecule has 1 N–H and O–H groups in total. The van der Waals surface area contributed by atoms with Crippen molar-refractivity contribution in [2.24, 2.45) is 0 Å². The van der Waals surface area contributed by atoms with Crippen LogP contribution in [0.4, 0.5) is 0 Å². The fourth-order valence-corrected chi connectivity index (χ4v) is 1.65. The van der Waals surface area contributed by atoms with Gasteiger partial charge in [0.1, 0.15) is 5.76 Å². The highest BCUT2D eigenvalue weighted by Gasteiger charge is 2.40. The van der Waals surface area contributed by atoms with Gasteiger partial charge in [-0.2, -0.15) is 0 Å². The molecular formula is C12H12O6. The number of ether oxygens (including phenoxy) is 3. The molecule has 0 spiro atoms. The number of esters is 2. The van der Waals surface area contributed by atoms with Gasteiger partial charge in [0.05, 0.1) is 0 Å². The molecule has 0 aliphatic carbocycles. The number of carbonyl (C=O) groups is 2. The topological polar surface area (TPSA) is 82.1 Å². The van der Waals surface area contributed by atoms with Gasteiger partial charge in [-0.25, -0.2) is 9.59 Å². The van der Waals surface area contributed by atoms with Crippen LogP contribution in [-0.2, 0) is 23.8 Å². The van der Waals surface area contributed by atoms with Gasteiger partial charge in [0, 0.05) is 25.5 Å². The Morgan fingerprint density at radius 2 is 1.67 bits per heavy atom. The summed E-state index contributed by atoms with van der Waals surface area (Å²) >= 11 is 0. The van der Waals surface area contributed by atoms with E-state index in [0.29, 0.717) is 5.76 Å². The highest BCUT2D eigenvalue weighted by molar-refractivity contribution is 6.16. The second-order valence-electron chi connectivity index (χ2n) is 4.35. The molecule has 1 fully saturated rings. The van der Waals surface area contributed by atoms with Gasteiger partial charge in [0.15, 0.2) is 5.57 Å². The number of carbonyl (C=O) groups excluding carboxylic acids is 2. The lowest BCUT2D eigenvalue weighted by molar-refractivity contribution is -0.222. The number of hydrogen-bond acceptors (Lipinski definition) is 6. The Hall–Kier alpha value is -2.24. The summed E-state index contributed by atoms with van der Waals surface area (Å²) < 4.78 is 14.8. The third-order valence-corrected chi connectivity index (χ3v) is 2.28. The van der Waals surface area contributed by atoms with Crippen molar-refractivity contribution in [1.82, 2.24) is 0 Å². The molecule has 0 aromatic heterocycles. The van der Waals surface area contributed by atoms with Gasteiger partial charge < -0.3 is 19.3 Å². The summed E-state index contributed by atoms with van der Waals surface area (Å²) in [5.41, 5.74) is -0.0646. The molecule has 0 radical (unpaired) electrons. The van der Waals surface area contributed by atoms with Gasteiger partial charge in [0.25, 0.3) is 11.7 Å². The zero-order valence-electron chi connectivity index (χ0n) is 10.1. The van der Waals surface area contributed by atoms with Crippen molar-refractivity contribution in [3.63, 3.8) is 0 Å². The van der Waals surface area contributed by atoms with Crippen LogP contribution in [-0.4, -0.2) is 22.8 Å². The van der Waals surface area contributed by atoms with Crippen molar-refractivity contribution >= 4 is 11.9 Å². The highest BCUT2D eigenvalue weighted by Crippen LogP contribution is 2.28. The summed E-state index contributed by atoms with van der Waals surface area (Å²) in [6.07, 6.45) is 2.60. The first kappa shape index (κ1) is 12.2. The van der Waals surface area contributed by atoms with Crippen molar-refractivity contribution < 1.29 is 28.9 Å². The minimum absolute atomic E-state index is 0.196. The fraction of sp³-hybridized carbons (Fsp3) is 0.333. The van der Waals surface area contributed by atoms with E-state index in [1.54, 1.807) is 6.92 Å². The molecular weight excluding hydrogens is 240 g/mol. The van der Waals surface area contributed by atoms with Gasteiger partial charge in [0.2, 0.25) is 0 Å². The molecule has 0 aromatic carbocycles. The van der Waals surface area contributed by atoms with Crippen LogP contribution in [0.5, 0.6) is 0 Å². The Kier molecular flexibility index (Phi) is 2.65. The van der Waals surface area contributed by atoms with Gasteiger partial charge >= 0.3 is 11.9 Å². The third kappa shape index (κ3) is 2.22. The Morgan fingerprint density at radius 1 is 1.11 bits per heavy atom. The standard InChI is InChI=1S/C12H12O6/c1-6-4-7(5-8(13)16-6)9-10(14)17-12(2,3)18-11(9)15/h4-5,13H,1-3H3. The quantitative estimate of drug-likeness (QED) is 0.399. The number of allylic oxidation sites excluding steroid dienone is 4. The first-order valence-electron chi connectivity index (χ1n) is 5.26. The molecule has 0 unspecified atom stereocenters. The molecule has 2 rings (SSSR count). The smallest absolute Gasteiger partial charge is 0.349 e. The molecule has 0 bridgehead atoms. The Morgan fingerprint density at radius 3 is 2.17 bits per heavy atom. The number of aliphatic hydroxyl groups excluding tert-OH is 1. The van der Waals surface area contributed by atoms with Crippen molar-refractivity contribution in [2.45, 2.75) is 26.6 Å². The summed E-state index contributed by atoms with van der Waals surface area (Å²) in [6, 6.07) is 0. The van der Waals surface area contributed by atoms with E-state index in [4.69, 9.17) is 14.2 Å². The second kappa shape index (κ2) is 3.90. The van der Waals surface area contributed by atoms with E-state index in [1.165, 1.54) is 19.9 Å². The van der Waals surface area contributed by atoms with E-state index in [2.05, 4.69) is 0 Å². The van der Waals surface area contributed by atoms with Crippen LogP contribution in [0, 0.1) is 0 Å². The Balaban J connectivity index is 2.47. The van der Waals surface area contributed by atoms with E-state index in [1.807, 2.05) is 0 Å². The van der Waals surface area contributed by atoms with Crippen LogP contribution in [0.1, 0.15) is 20.8 Å². The summed E-state index contributed by atoms with van der Waals surface area (Å²) in [5, 5.41) is 9.32. The molecule has 96 valence electrons. The molecule has 6 heteroatoms. The van der Waals surface area contributed by atoms with Crippen LogP contribution in [0.25, 0.3) is 0 Å². The van der Waals surface area contributed by atoms with Crippen LogP contribution >= 0.6 is 0 Å². The van der Waals surface area contributed by atoms with Crippen molar-refractivity contribution in [2.75, 3.05) is 0 Å². The summed E-state index contributed by atoms with van der Waals surface area (Å²) in [6.45, 7) is 4.50. The summed E-state index contributed by atoms with van der Waals surface area (Å²) in [7, 11) is 0. The normalized spacial score (nSPS) is 22.6. The average Bonchev–Trinajstić information content (AvgIpc) is 2.11. The Bertz CT molecular complexity index is 479. The molecule has 0 amide bonds. The van der Waals surface area contributed by atoms with E-state index in [9.17, 15) is 14.7 Å². The van der Waals surface area contributed by atoms with Crippen LogP contribution in [0.3, 0.4) is 0 Å². The number of aliphatic hydroxyl groups is 1. The maximum absolute atomic E-state index is 11.8. The lowest BCUT2D eigenvalue weighted by atomic mass is 10.0. The van der Waals surface area contributed by atoms with Gasteiger partial charge in [-0.05, 0) is 13.0 Å². The molecule has 0 atom stereocenters. The molecule has 1 saturated heterocycles. The first-order chi connectivity index (χ1) is 8.28. The minimum atomic E-state index is -1.28. The molecule has 0 aromatic rings. The monoisotopic (exact) mass is 252 g/mol. The molecule has 2 aliphatic heterocycles. The first-order valence-corrected chi connectivity index (χ1v) is 5.26. The maximum Gasteiger partial charge on any atom is 0.349 e. The van der Waals surface area contributed by atoms with Gasteiger partial charge in [-0.3, -0.25) is 0 Å². The molecule has 0 saturated carbocycles.